The number of nitro groups is 1. The number of nitrogens with zero attached hydrogens (tertiary/aromatic N) is 2. The van der Waals surface area contributed by atoms with Crippen molar-refractivity contribution in [1.82, 2.24) is 10.3 Å². The topological polar surface area (TPSA) is 110 Å². The molecule has 0 aliphatic heterocycles. The van der Waals surface area contributed by atoms with E-state index in [4.69, 9.17) is 28.2 Å². The van der Waals surface area contributed by atoms with Gasteiger partial charge in [0.25, 0.3) is 11.6 Å². The first-order chi connectivity index (χ1) is 17.4. The third-order valence-corrected chi connectivity index (χ3v) is 6.75. The summed E-state index contributed by atoms with van der Waals surface area (Å²) in [5.41, 5.74) is 2.65. The van der Waals surface area contributed by atoms with E-state index < -0.39 is 10.8 Å². The first kappa shape index (κ1) is 23.6. The van der Waals surface area contributed by atoms with Crippen LogP contribution in [-0.2, 0) is 0 Å². The van der Waals surface area contributed by atoms with Crippen molar-refractivity contribution in [3.8, 4) is 21.9 Å². The van der Waals surface area contributed by atoms with E-state index in [1.807, 2.05) is 30.3 Å². The molecule has 0 aliphatic rings. The minimum atomic E-state index is -0.565. The van der Waals surface area contributed by atoms with Crippen molar-refractivity contribution in [2.24, 2.45) is 0 Å². The van der Waals surface area contributed by atoms with E-state index in [2.05, 4.69) is 15.6 Å². The summed E-state index contributed by atoms with van der Waals surface area (Å²) in [6.07, 6.45) is 0. The van der Waals surface area contributed by atoms with Gasteiger partial charge >= 0.3 is 0 Å². The molecular weight excluding hydrogens is 520 g/mol. The van der Waals surface area contributed by atoms with Crippen LogP contribution < -0.4 is 10.6 Å². The first-order valence-corrected chi connectivity index (χ1v) is 12.1. The molecule has 2 heterocycles. The van der Waals surface area contributed by atoms with Crippen molar-refractivity contribution in [1.29, 1.82) is 0 Å². The van der Waals surface area contributed by atoms with Crippen LogP contribution in [0, 0.1) is 10.1 Å². The van der Waals surface area contributed by atoms with Gasteiger partial charge in [-0.3, -0.25) is 20.2 Å². The number of carbonyl (C=O) groups excluding carboxylic acids is 1. The number of thiazole rings is 1. The van der Waals surface area contributed by atoms with Crippen molar-refractivity contribution in [2.75, 3.05) is 5.32 Å². The van der Waals surface area contributed by atoms with Gasteiger partial charge in [0.05, 0.1) is 20.2 Å². The van der Waals surface area contributed by atoms with E-state index in [9.17, 15) is 14.9 Å². The zero-order valence-corrected chi connectivity index (χ0v) is 20.6. The summed E-state index contributed by atoms with van der Waals surface area (Å²) in [6, 6.07) is 22.1. The van der Waals surface area contributed by atoms with Gasteiger partial charge in [-0.05, 0) is 54.7 Å². The molecule has 5 rings (SSSR count). The Morgan fingerprint density at radius 2 is 1.89 bits per heavy atom. The zero-order valence-electron chi connectivity index (χ0n) is 18.2. The fourth-order valence-corrected chi connectivity index (χ4v) is 4.94. The number of amides is 1. The summed E-state index contributed by atoms with van der Waals surface area (Å²) in [5.74, 6) is -0.239. The second-order valence-electron chi connectivity index (χ2n) is 7.56. The lowest BCUT2D eigenvalue weighted by Gasteiger charge is -2.10. The number of nitrogens with one attached hydrogen (secondary N) is 2. The molecular formula is C25H15ClN4O4S2. The van der Waals surface area contributed by atoms with Crippen LogP contribution in [-0.4, -0.2) is 20.9 Å². The average Bonchev–Trinajstić information content (AvgIpc) is 3.53. The van der Waals surface area contributed by atoms with Crippen LogP contribution >= 0.6 is 35.2 Å². The molecule has 0 atom stereocenters. The number of hydrogen-bond acceptors (Lipinski definition) is 7. The number of rotatable bonds is 5. The minimum absolute atomic E-state index is 0.00641. The van der Waals surface area contributed by atoms with Crippen LogP contribution in [0.1, 0.15) is 10.6 Å². The molecule has 2 N–H and O–H groups in total. The molecule has 1 amide bonds. The molecule has 8 nitrogen and oxygen atoms in total. The second-order valence-corrected chi connectivity index (χ2v) is 9.41. The number of nitro benzene ring substituents is 1. The average molecular weight is 535 g/mol. The fraction of sp³-hybridized carbons (Fsp3) is 0. The van der Waals surface area contributed by atoms with Crippen LogP contribution in [0.3, 0.4) is 0 Å². The van der Waals surface area contributed by atoms with Gasteiger partial charge in [-0.25, -0.2) is 4.98 Å². The Morgan fingerprint density at radius 1 is 1.06 bits per heavy atom. The van der Waals surface area contributed by atoms with E-state index in [1.165, 1.54) is 29.5 Å². The number of para-hydroxylation sites is 1. The monoisotopic (exact) mass is 534 g/mol. The van der Waals surface area contributed by atoms with Gasteiger partial charge in [-0.15, -0.1) is 11.3 Å². The predicted octanol–water partition coefficient (Wildman–Crippen LogP) is 6.91. The highest BCUT2D eigenvalue weighted by molar-refractivity contribution is 7.80. The summed E-state index contributed by atoms with van der Waals surface area (Å²) in [7, 11) is 0. The van der Waals surface area contributed by atoms with Crippen LogP contribution in [0.4, 0.5) is 11.4 Å². The summed E-state index contributed by atoms with van der Waals surface area (Å²) in [5, 5.41) is 17.9. The molecule has 0 radical (unpaired) electrons. The number of thiocarbonyl (C=S) groups is 1. The van der Waals surface area contributed by atoms with Gasteiger partial charge in [0.2, 0.25) is 0 Å². The number of anilines is 1. The summed E-state index contributed by atoms with van der Waals surface area (Å²) in [4.78, 5) is 27.8. The summed E-state index contributed by atoms with van der Waals surface area (Å²) >= 11 is 13.3. The molecule has 178 valence electrons. The number of aromatic nitrogens is 1. The maximum Gasteiger partial charge on any atom is 0.293 e. The molecule has 0 fully saturated rings. The first-order valence-electron chi connectivity index (χ1n) is 10.5. The molecule has 0 saturated heterocycles. The molecule has 0 unspecified atom stereocenters. The van der Waals surface area contributed by atoms with E-state index in [1.54, 1.807) is 30.3 Å². The van der Waals surface area contributed by atoms with E-state index >= 15 is 0 Å². The summed E-state index contributed by atoms with van der Waals surface area (Å²) < 4.78 is 6.64. The smallest absolute Gasteiger partial charge is 0.293 e. The molecule has 2 aromatic heterocycles. The Morgan fingerprint density at radius 3 is 2.69 bits per heavy atom. The number of furan rings is 1. The molecule has 0 bridgehead atoms. The zero-order chi connectivity index (χ0) is 25.2. The maximum atomic E-state index is 12.6. The van der Waals surface area contributed by atoms with Crippen LogP contribution in [0.5, 0.6) is 0 Å². The van der Waals surface area contributed by atoms with Crippen molar-refractivity contribution in [2.45, 2.75) is 0 Å². The van der Waals surface area contributed by atoms with Gasteiger partial charge in [0.1, 0.15) is 10.8 Å². The van der Waals surface area contributed by atoms with E-state index in [-0.39, 0.29) is 16.6 Å². The fourth-order valence-electron chi connectivity index (χ4n) is 3.47. The van der Waals surface area contributed by atoms with Crippen molar-refractivity contribution in [3.05, 3.63) is 99.8 Å². The normalized spacial score (nSPS) is 10.8. The molecule has 0 spiro atoms. The Balaban J connectivity index is 1.29. The Labute approximate surface area is 218 Å². The highest BCUT2D eigenvalue weighted by Gasteiger charge is 2.16. The highest BCUT2D eigenvalue weighted by Crippen LogP contribution is 2.36. The third-order valence-electron chi connectivity index (χ3n) is 5.15. The third kappa shape index (κ3) is 4.96. The highest BCUT2D eigenvalue weighted by atomic mass is 35.5. The lowest BCUT2D eigenvalue weighted by atomic mass is 10.1. The Hall–Kier alpha value is -4.12. The van der Waals surface area contributed by atoms with Crippen molar-refractivity contribution >= 4 is 67.8 Å². The quantitative estimate of drug-likeness (QED) is 0.143. The molecule has 5 aromatic rings. The SMILES string of the molecule is O=C(NC(=S)Nc1ccc(Cl)c(-c2nc3ccccc3s2)c1)c1ccc(-c2cccc([N+](=O)[O-])c2)o1. The Bertz CT molecular complexity index is 1610. The van der Waals surface area contributed by atoms with Gasteiger partial charge in [0, 0.05) is 28.9 Å². The van der Waals surface area contributed by atoms with Crippen LogP contribution in [0.2, 0.25) is 5.02 Å². The lowest BCUT2D eigenvalue weighted by molar-refractivity contribution is -0.384. The van der Waals surface area contributed by atoms with Gasteiger partial charge < -0.3 is 9.73 Å². The Kier molecular flexibility index (Phi) is 6.47. The standard InChI is InChI=1S/C25H15ClN4O4S2/c26-18-9-8-15(13-17(18)24-28-19-6-1-2-7-22(19)36-24)27-25(35)29-23(31)21-11-10-20(34-21)14-4-3-5-16(12-14)30(32)33/h1-13H,(H2,27,29,31,35). The molecule has 3 aromatic carbocycles. The molecule has 0 saturated carbocycles. The summed E-state index contributed by atoms with van der Waals surface area (Å²) in [6.45, 7) is 0. The maximum absolute atomic E-state index is 12.6. The number of carbonyl (C=O) groups is 1. The molecule has 11 heteroatoms. The van der Waals surface area contributed by atoms with Crippen LogP contribution in [0.15, 0.2) is 83.3 Å². The second kappa shape index (κ2) is 9.86. The number of hydrogen-bond donors (Lipinski definition) is 2. The van der Waals surface area contributed by atoms with Crippen molar-refractivity contribution in [3.63, 3.8) is 0 Å². The molecule has 0 aliphatic carbocycles. The minimum Gasteiger partial charge on any atom is -0.451 e. The van der Waals surface area contributed by atoms with E-state index in [0.29, 0.717) is 22.0 Å². The molecule has 36 heavy (non-hydrogen) atoms. The van der Waals surface area contributed by atoms with Crippen molar-refractivity contribution < 1.29 is 14.1 Å². The predicted molar refractivity (Wildman–Crippen MR) is 145 cm³/mol. The van der Waals surface area contributed by atoms with Gasteiger partial charge in [0.15, 0.2) is 10.9 Å². The number of non-ortho nitro benzene ring substituents is 1. The van der Waals surface area contributed by atoms with E-state index in [0.717, 1.165) is 20.8 Å². The largest absolute Gasteiger partial charge is 0.451 e. The van der Waals surface area contributed by atoms with Gasteiger partial charge in [-0.1, -0.05) is 35.9 Å². The van der Waals surface area contributed by atoms with Gasteiger partial charge in [-0.2, -0.15) is 0 Å². The number of fused-ring (bicyclic) bond motifs is 1. The number of benzene rings is 3. The van der Waals surface area contributed by atoms with Crippen LogP contribution in [0.25, 0.3) is 32.1 Å². The number of halogens is 1. The lowest BCUT2D eigenvalue weighted by Crippen LogP contribution is -2.33.